The average molecular weight is 557 g/mol. The van der Waals surface area contributed by atoms with Gasteiger partial charge in [-0.1, -0.05) is 11.6 Å². The summed E-state index contributed by atoms with van der Waals surface area (Å²) in [5.41, 5.74) is 11.2. The second kappa shape index (κ2) is 10.9. The zero-order valence-electron chi connectivity index (χ0n) is 19.8. The molecular weight excluding hydrogens is 534 g/mol. The second-order valence-corrected chi connectivity index (χ2v) is 9.30. The number of carbonyl (C=O) groups excluding carboxylic acids is 2. The first-order valence-electron chi connectivity index (χ1n) is 11.6. The van der Waals surface area contributed by atoms with Gasteiger partial charge in [0.1, 0.15) is 12.1 Å². The Labute approximate surface area is 219 Å². The van der Waals surface area contributed by atoms with Crippen molar-refractivity contribution in [1.29, 1.82) is 0 Å². The lowest BCUT2D eigenvalue weighted by molar-refractivity contribution is -0.274. The molecule has 2 fully saturated rings. The summed E-state index contributed by atoms with van der Waals surface area (Å²) >= 11 is 5.88. The highest BCUT2D eigenvalue weighted by molar-refractivity contribution is 6.31. The van der Waals surface area contributed by atoms with E-state index in [4.69, 9.17) is 23.1 Å². The van der Waals surface area contributed by atoms with E-state index in [0.29, 0.717) is 19.4 Å². The van der Waals surface area contributed by atoms with Crippen LogP contribution in [0.3, 0.4) is 0 Å². The summed E-state index contributed by atoms with van der Waals surface area (Å²) in [5, 5.41) is -0.0481. The van der Waals surface area contributed by atoms with Gasteiger partial charge in [-0.05, 0) is 30.2 Å². The average Bonchev–Trinajstić information content (AvgIpc) is 2.83. The predicted molar refractivity (Wildman–Crippen MR) is 129 cm³/mol. The van der Waals surface area contributed by atoms with Crippen molar-refractivity contribution >= 4 is 40.7 Å². The number of nitrogens with zero attached hydrogens (tertiary/aromatic N) is 5. The van der Waals surface area contributed by atoms with Crippen molar-refractivity contribution in [2.24, 2.45) is 17.6 Å². The number of anilines is 2. The van der Waals surface area contributed by atoms with Crippen LogP contribution < -0.4 is 21.1 Å². The number of carbonyl (C=O) groups is 2. The number of piperidine rings is 2. The third-order valence-corrected chi connectivity index (χ3v) is 6.58. The first-order valence-corrected chi connectivity index (χ1v) is 11.9. The van der Waals surface area contributed by atoms with Gasteiger partial charge in [0.25, 0.3) is 6.07 Å². The van der Waals surface area contributed by atoms with Gasteiger partial charge in [0.2, 0.25) is 17.6 Å². The van der Waals surface area contributed by atoms with Crippen LogP contribution in [0, 0.1) is 23.7 Å². The summed E-state index contributed by atoms with van der Waals surface area (Å²) in [7, 11) is 0. The van der Waals surface area contributed by atoms with Gasteiger partial charge in [-0.25, -0.2) is 9.97 Å². The van der Waals surface area contributed by atoms with Crippen LogP contribution in [-0.2, 0) is 9.59 Å². The molecule has 3 heterocycles. The van der Waals surface area contributed by atoms with Gasteiger partial charge >= 0.3 is 12.0 Å². The molecule has 4 N–H and O–H groups in total. The number of rotatable bonds is 4. The van der Waals surface area contributed by atoms with Crippen molar-refractivity contribution in [3.05, 3.63) is 40.2 Å². The number of nitrogens with two attached hydrogens (primary N) is 2. The molecule has 0 saturated carbocycles. The molecule has 0 spiro atoms. The Morgan fingerprint density at radius 3 is 2.68 bits per heavy atom. The Morgan fingerprint density at radius 2 is 1.97 bits per heavy atom. The van der Waals surface area contributed by atoms with Crippen LogP contribution in [0.15, 0.2) is 24.5 Å². The molecule has 4 rings (SSSR count). The van der Waals surface area contributed by atoms with Crippen LogP contribution in [0.25, 0.3) is 4.85 Å². The van der Waals surface area contributed by atoms with E-state index in [-0.39, 0.29) is 41.9 Å². The molecule has 202 valence electrons. The van der Waals surface area contributed by atoms with Gasteiger partial charge in [0.05, 0.1) is 23.0 Å². The Hall–Kier alpha value is -3.86. The molecule has 0 aliphatic carbocycles. The van der Waals surface area contributed by atoms with E-state index in [9.17, 15) is 27.2 Å². The summed E-state index contributed by atoms with van der Waals surface area (Å²) in [4.78, 5) is 40.4. The fourth-order valence-corrected chi connectivity index (χ4v) is 4.89. The molecular formula is C23H23ClF4N7O3+. The van der Waals surface area contributed by atoms with Crippen molar-refractivity contribution in [3.63, 3.8) is 0 Å². The molecule has 15 heteroatoms. The molecule has 10 nitrogen and oxygen atoms in total. The number of primary amides is 1. The smallest absolute Gasteiger partial charge is 0.405 e. The van der Waals surface area contributed by atoms with Gasteiger partial charge in [0.15, 0.2) is 17.6 Å². The van der Waals surface area contributed by atoms with Gasteiger partial charge < -0.3 is 26.0 Å². The number of nitrogen functional groups attached to an aromatic ring is 1. The molecule has 2 aromatic rings. The zero-order valence-corrected chi connectivity index (χ0v) is 20.5. The van der Waals surface area contributed by atoms with Crippen LogP contribution in [0.1, 0.15) is 19.3 Å². The summed E-state index contributed by atoms with van der Waals surface area (Å²) < 4.78 is 56.2. The normalized spacial score (nSPS) is 22.0. The maximum Gasteiger partial charge on any atom is 0.573 e. The van der Waals surface area contributed by atoms with Crippen molar-refractivity contribution in [2.75, 3.05) is 30.3 Å². The van der Waals surface area contributed by atoms with Crippen molar-refractivity contribution in [1.82, 2.24) is 14.9 Å². The number of halogens is 5. The molecule has 0 bridgehead atoms. The van der Waals surface area contributed by atoms with Crippen LogP contribution in [0.2, 0.25) is 5.02 Å². The third kappa shape index (κ3) is 6.16. The summed E-state index contributed by atoms with van der Waals surface area (Å²) in [6.07, 6.45) is -2.63. The van der Waals surface area contributed by atoms with Gasteiger partial charge in [-0.15, -0.1) is 13.2 Å². The second-order valence-electron chi connectivity index (χ2n) is 8.87. The number of hydrogen-bond donors (Lipinski definition) is 2. The molecule has 2 aliphatic rings. The van der Waals surface area contributed by atoms with E-state index < -0.39 is 47.6 Å². The lowest BCUT2D eigenvalue weighted by Crippen LogP contribution is -2.60. The molecule has 2 aliphatic heterocycles. The molecule has 2 amide bonds. The molecule has 2 unspecified atom stereocenters. The zero-order chi connectivity index (χ0) is 27.6. The first-order chi connectivity index (χ1) is 17.9. The van der Waals surface area contributed by atoms with E-state index in [1.165, 1.54) is 11.0 Å². The minimum atomic E-state index is -4.92. The molecule has 1 aromatic carbocycles. The summed E-state index contributed by atoms with van der Waals surface area (Å²) in [6.45, 7) is 0.644. The topological polar surface area (TPSA) is 132 Å². The van der Waals surface area contributed by atoms with E-state index in [2.05, 4.69) is 25.6 Å². The molecule has 1 aromatic heterocycles. The standard InChI is InChI=1S/C23H22ClF4N7O3/c24-13-6-14(8-15(7-13)38-23(26,27)28)31-9-12-2-1-4-35(22(12)37)17-10-34(5-3-16(17)20(30)36)21-18(25)19(29)32-11-33-21/h6-8,11-12,16-17H,1-5,10H2,(H3-,29,30,32,33,36)/p+1/t12?,16-,17?/m1/s1. The molecule has 3 atom stereocenters. The van der Waals surface area contributed by atoms with Crippen LogP contribution in [0.4, 0.5) is 34.9 Å². The number of hydrogen-bond acceptors (Lipinski definition) is 7. The number of likely N-dealkylation sites (tertiary alicyclic amines) is 1. The van der Waals surface area contributed by atoms with Crippen LogP contribution in [0.5, 0.6) is 5.75 Å². The molecule has 0 radical (unpaired) electrons. The van der Waals surface area contributed by atoms with Crippen LogP contribution >= 0.6 is 11.6 Å². The highest BCUT2D eigenvalue weighted by Gasteiger charge is 2.43. The van der Waals surface area contributed by atoms with Gasteiger partial charge in [-0.3, -0.25) is 9.59 Å². The first kappa shape index (κ1) is 27.2. The number of alkyl halides is 3. The van der Waals surface area contributed by atoms with Crippen LogP contribution in [-0.4, -0.2) is 58.7 Å². The lowest BCUT2D eigenvalue weighted by atomic mass is 9.86. The quantitative estimate of drug-likeness (QED) is 0.552. The molecule has 38 heavy (non-hydrogen) atoms. The van der Waals surface area contributed by atoms with Gasteiger partial charge in [-0.2, -0.15) is 4.39 Å². The van der Waals surface area contributed by atoms with Crippen molar-refractivity contribution in [2.45, 2.75) is 31.7 Å². The molecule has 2 saturated heterocycles. The van der Waals surface area contributed by atoms with E-state index in [0.717, 1.165) is 18.5 Å². The number of benzene rings is 1. The maximum absolute atomic E-state index is 14.6. The van der Waals surface area contributed by atoms with Crippen molar-refractivity contribution in [3.8, 4) is 11.8 Å². The monoisotopic (exact) mass is 556 g/mol. The summed E-state index contributed by atoms with van der Waals surface area (Å²) in [6, 6.07) is 5.30. The highest BCUT2D eigenvalue weighted by atomic mass is 35.5. The predicted octanol–water partition coefficient (Wildman–Crippen LogP) is 3.33. The van der Waals surface area contributed by atoms with E-state index in [1.54, 1.807) is 4.90 Å². The number of amides is 2. The fraction of sp³-hybridized carbons (Fsp3) is 0.435. The SMILES string of the molecule is NC(=O)[C@@H]1CCN(c2ncnc(N)c2F)CC1N1CCCC(C#[N+]c2cc(Cl)cc(OC(F)(F)F)c2)C1=O. The number of ether oxygens (including phenoxy) is 1. The Bertz CT molecular complexity index is 1300. The Balaban J connectivity index is 1.56. The minimum absolute atomic E-state index is 0.0114. The van der Waals surface area contributed by atoms with E-state index >= 15 is 0 Å². The maximum atomic E-state index is 14.6. The van der Waals surface area contributed by atoms with Gasteiger partial charge in [0, 0.05) is 25.7 Å². The minimum Gasteiger partial charge on any atom is -0.405 e. The third-order valence-electron chi connectivity index (χ3n) is 6.36. The highest BCUT2D eigenvalue weighted by Crippen LogP contribution is 2.33. The Kier molecular flexibility index (Phi) is 7.77. The summed E-state index contributed by atoms with van der Waals surface area (Å²) in [5.74, 6) is -4.26. The lowest BCUT2D eigenvalue weighted by Gasteiger charge is -2.45. The van der Waals surface area contributed by atoms with E-state index in [1.807, 2.05) is 0 Å². The van der Waals surface area contributed by atoms with Crippen molar-refractivity contribution < 1.29 is 31.9 Å². The number of aromatic nitrogens is 2. The largest absolute Gasteiger partial charge is 0.573 e. The fourth-order valence-electron chi connectivity index (χ4n) is 4.67. The Morgan fingerprint density at radius 1 is 1.21 bits per heavy atom.